The maximum absolute atomic E-state index is 14.0. The number of carbonyl (C=O) groups excluding carboxylic acids is 3. The number of rotatable bonds is 6. The van der Waals surface area contributed by atoms with Gasteiger partial charge in [0.2, 0.25) is 11.8 Å². The minimum absolute atomic E-state index is 0.0365. The third kappa shape index (κ3) is 5.15. The third-order valence-corrected chi connectivity index (χ3v) is 9.60. The summed E-state index contributed by atoms with van der Waals surface area (Å²) < 4.78 is 0. The number of likely N-dealkylation sites (tertiary alicyclic amines) is 2. The summed E-state index contributed by atoms with van der Waals surface area (Å²) in [6.07, 6.45) is 7.40. The zero-order valence-corrected chi connectivity index (χ0v) is 22.8. The van der Waals surface area contributed by atoms with Crippen molar-refractivity contribution in [3.63, 3.8) is 0 Å². The molecule has 4 aliphatic rings. The number of amides is 3. The quantitative estimate of drug-likeness (QED) is 0.570. The van der Waals surface area contributed by atoms with Gasteiger partial charge in [0.15, 0.2) is 0 Å². The molecule has 2 aromatic carbocycles. The van der Waals surface area contributed by atoms with Gasteiger partial charge in [0.25, 0.3) is 5.91 Å². The summed E-state index contributed by atoms with van der Waals surface area (Å²) in [5.41, 5.74) is 1.67. The zero-order valence-electron chi connectivity index (χ0n) is 22.8. The van der Waals surface area contributed by atoms with Gasteiger partial charge in [-0.05, 0) is 68.6 Å². The summed E-state index contributed by atoms with van der Waals surface area (Å²) in [5.74, 6) is 1.11. The summed E-state index contributed by atoms with van der Waals surface area (Å²) in [4.78, 5) is 48.2. The fourth-order valence-electron chi connectivity index (χ4n) is 6.93. The van der Waals surface area contributed by atoms with Crippen molar-refractivity contribution in [2.24, 2.45) is 11.8 Å². The molecule has 0 atom stereocenters. The fourth-order valence-corrected chi connectivity index (χ4v) is 6.93. The van der Waals surface area contributed by atoms with Gasteiger partial charge in [-0.3, -0.25) is 14.4 Å². The van der Waals surface area contributed by atoms with E-state index in [1.165, 1.54) is 5.56 Å². The molecule has 0 aromatic heterocycles. The molecule has 206 valence electrons. The lowest BCUT2D eigenvalue weighted by atomic mass is 9.81. The highest BCUT2D eigenvalue weighted by atomic mass is 16.2. The topological polar surface area (TPSA) is 64.2 Å². The molecule has 3 heterocycles. The van der Waals surface area contributed by atoms with E-state index >= 15 is 0 Å². The van der Waals surface area contributed by atoms with Gasteiger partial charge >= 0.3 is 0 Å². The van der Waals surface area contributed by atoms with Crippen molar-refractivity contribution in [3.05, 3.63) is 66.2 Å². The summed E-state index contributed by atoms with van der Waals surface area (Å²) in [6.45, 7) is 3.24. The van der Waals surface area contributed by atoms with Gasteiger partial charge < -0.3 is 19.6 Å². The molecule has 1 saturated carbocycles. The number of nitrogens with zero attached hydrogens (tertiary/aromatic N) is 4. The van der Waals surface area contributed by atoms with Gasteiger partial charge in [-0.25, -0.2) is 0 Å². The molecule has 0 unspecified atom stereocenters. The number of benzene rings is 2. The number of anilines is 1. The average molecular weight is 529 g/mol. The molecule has 3 saturated heterocycles. The standard InChI is InChI=1S/C32H40N4O3/c37-29(33-18-14-26(15-19-33)22-25-8-3-1-4-9-25)23-35-24-36(28-12-5-2-6-13-28)32(31(35)39)16-20-34(21-17-32)30(38)27-10-7-11-27/h1-6,8-9,12-13,26-27H,7,10-11,14-24H2. The molecule has 3 amide bonds. The van der Waals surface area contributed by atoms with Gasteiger partial charge in [-0.15, -0.1) is 0 Å². The highest BCUT2D eigenvalue weighted by Gasteiger charge is 2.54. The first-order valence-corrected chi connectivity index (χ1v) is 14.8. The van der Waals surface area contributed by atoms with E-state index in [2.05, 4.69) is 29.2 Å². The molecule has 6 rings (SSSR count). The summed E-state index contributed by atoms with van der Waals surface area (Å²) in [5, 5.41) is 0. The Hall–Kier alpha value is -3.35. The molecular formula is C32H40N4O3. The van der Waals surface area contributed by atoms with E-state index in [-0.39, 0.29) is 30.2 Å². The molecule has 0 bridgehead atoms. The van der Waals surface area contributed by atoms with Crippen molar-refractivity contribution in [2.45, 2.75) is 56.9 Å². The molecule has 7 heteroatoms. The summed E-state index contributed by atoms with van der Waals surface area (Å²) in [7, 11) is 0. The Morgan fingerprint density at radius 3 is 2.05 bits per heavy atom. The number of piperidine rings is 2. The molecular weight excluding hydrogens is 488 g/mol. The second-order valence-electron chi connectivity index (χ2n) is 11.9. The van der Waals surface area contributed by atoms with Crippen LogP contribution in [0, 0.1) is 11.8 Å². The van der Waals surface area contributed by atoms with Crippen LogP contribution in [0.1, 0.15) is 50.5 Å². The lowest BCUT2D eigenvalue weighted by Crippen LogP contribution is -2.58. The van der Waals surface area contributed by atoms with Crippen LogP contribution in [-0.4, -0.2) is 77.4 Å². The molecule has 39 heavy (non-hydrogen) atoms. The van der Waals surface area contributed by atoms with Crippen LogP contribution in [0.5, 0.6) is 0 Å². The second-order valence-corrected chi connectivity index (χ2v) is 11.9. The first-order chi connectivity index (χ1) is 19.0. The molecule has 1 aliphatic carbocycles. The molecule has 0 N–H and O–H groups in total. The van der Waals surface area contributed by atoms with Crippen LogP contribution in [0.25, 0.3) is 0 Å². The number of carbonyl (C=O) groups is 3. The van der Waals surface area contributed by atoms with E-state index in [9.17, 15) is 14.4 Å². The Kier molecular flexibility index (Phi) is 7.32. The van der Waals surface area contributed by atoms with Crippen LogP contribution in [0.15, 0.2) is 60.7 Å². The van der Waals surface area contributed by atoms with Gasteiger partial charge in [0, 0.05) is 37.8 Å². The van der Waals surface area contributed by atoms with Crippen LogP contribution in [0.2, 0.25) is 0 Å². The van der Waals surface area contributed by atoms with Crippen molar-refractivity contribution >= 4 is 23.4 Å². The van der Waals surface area contributed by atoms with Crippen molar-refractivity contribution in [1.29, 1.82) is 0 Å². The third-order valence-electron chi connectivity index (χ3n) is 9.60. The largest absolute Gasteiger partial charge is 0.342 e. The highest BCUT2D eigenvalue weighted by Crippen LogP contribution is 2.40. The molecule has 2 aromatic rings. The summed E-state index contributed by atoms with van der Waals surface area (Å²) >= 11 is 0. The minimum Gasteiger partial charge on any atom is -0.342 e. The maximum atomic E-state index is 14.0. The van der Waals surface area contributed by atoms with E-state index in [0.717, 1.165) is 57.3 Å². The zero-order chi connectivity index (χ0) is 26.8. The second kappa shape index (κ2) is 11.0. The van der Waals surface area contributed by atoms with Crippen LogP contribution >= 0.6 is 0 Å². The number of para-hydroxylation sites is 1. The highest BCUT2D eigenvalue weighted by molar-refractivity contribution is 5.96. The summed E-state index contributed by atoms with van der Waals surface area (Å²) in [6, 6.07) is 20.6. The van der Waals surface area contributed by atoms with Crippen LogP contribution < -0.4 is 4.90 Å². The smallest absolute Gasteiger partial charge is 0.250 e. The van der Waals surface area contributed by atoms with E-state index in [1.54, 1.807) is 4.90 Å². The van der Waals surface area contributed by atoms with Gasteiger partial charge in [-0.1, -0.05) is 55.0 Å². The Labute approximate surface area is 231 Å². The minimum atomic E-state index is -0.694. The van der Waals surface area contributed by atoms with Gasteiger partial charge in [-0.2, -0.15) is 0 Å². The fraction of sp³-hybridized carbons (Fsp3) is 0.531. The molecule has 3 aliphatic heterocycles. The monoisotopic (exact) mass is 528 g/mol. The van der Waals surface area contributed by atoms with Crippen LogP contribution in [0.4, 0.5) is 5.69 Å². The van der Waals surface area contributed by atoms with E-state index in [0.29, 0.717) is 38.5 Å². The van der Waals surface area contributed by atoms with Crippen molar-refractivity contribution in [3.8, 4) is 0 Å². The number of hydrogen-bond acceptors (Lipinski definition) is 4. The predicted octanol–water partition coefficient (Wildman–Crippen LogP) is 3.94. The Bertz CT molecular complexity index is 1170. The average Bonchev–Trinajstić information content (AvgIpc) is 3.20. The van der Waals surface area contributed by atoms with Crippen molar-refractivity contribution < 1.29 is 14.4 Å². The number of hydrogen-bond donors (Lipinski definition) is 0. The van der Waals surface area contributed by atoms with Crippen LogP contribution in [-0.2, 0) is 20.8 Å². The Morgan fingerprint density at radius 1 is 0.795 bits per heavy atom. The van der Waals surface area contributed by atoms with Gasteiger partial charge in [0.05, 0.1) is 6.67 Å². The molecule has 0 radical (unpaired) electrons. The van der Waals surface area contributed by atoms with E-state index in [1.807, 2.05) is 46.2 Å². The predicted molar refractivity (Wildman–Crippen MR) is 151 cm³/mol. The van der Waals surface area contributed by atoms with Crippen molar-refractivity contribution in [2.75, 3.05) is 44.3 Å². The normalized spacial score (nSPS) is 21.9. The first-order valence-electron chi connectivity index (χ1n) is 14.8. The lowest BCUT2D eigenvalue weighted by molar-refractivity contribution is -0.144. The maximum Gasteiger partial charge on any atom is 0.250 e. The molecule has 7 nitrogen and oxygen atoms in total. The van der Waals surface area contributed by atoms with Gasteiger partial charge in [0.1, 0.15) is 12.1 Å². The SMILES string of the molecule is O=C(CN1CN(c2ccccc2)C2(CCN(C(=O)C3CCC3)CC2)C1=O)N1CCC(Cc2ccccc2)CC1. The molecule has 4 fully saturated rings. The molecule has 1 spiro atoms. The van der Waals surface area contributed by atoms with Crippen LogP contribution in [0.3, 0.4) is 0 Å². The Morgan fingerprint density at radius 2 is 1.44 bits per heavy atom. The van der Waals surface area contributed by atoms with E-state index < -0.39 is 5.54 Å². The van der Waals surface area contributed by atoms with E-state index in [4.69, 9.17) is 0 Å². The lowest BCUT2D eigenvalue weighted by Gasteiger charge is -2.44. The first kappa shape index (κ1) is 25.9. The van der Waals surface area contributed by atoms with Crippen molar-refractivity contribution in [1.82, 2.24) is 14.7 Å². The Balaban J connectivity index is 1.10.